The van der Waals surface area contributed by atoms with Gasteiger partial charge >= 0.3 is 0 Å². The number of benzene rings is 1. The van der Waals surface area contributed by atoms with Gasteiger partial charge in [0.1, 0.15) is 0 Å². The Balaban J connectivity index is 1.69. The van der Waals surface area contributed by atoms with Crippen molar-refractivity contribution in [1.82, 2.24) is 14.7 Å². The summed E-state index contributed by atoms with van der Waals surface area (Å²) in [7, 11) is 0. The van der Waals surface area contributed by atoms with E-state index in [2.05, 4.69) is 10.00 Å². The second kappa shape index (κ2) is 6.78. The molecule has 3 atom stereocenters. The predicted octanol–water partition coefficient (Wildman–Crippen LogP) is 0.867. The number of aliphatic hydroxyl groups is 1. The number of ether oxygens (including phenoxy) is 1. The number of hydrogen-bond acceptors (Lipinski definition) is 5. The van der Waals surface area contributed by atoms with Gasteiger partial charge in [-0.2, -0.15) is 5.10 Å². The van der Waals surface area contributed by atoms with Crippen LogP contribution in [-0.4, -0.2) is 57.7 Å². The van der Waals surface area contributed by atoms with Crippen LogP contribution >= 0.6 is 0 Å². The zero-order valence-electron chi connectivity index (χ0n) is 13.6. The molecule has 0 aliphatic carbocycles. The van der Waals surface area contributed by atoms with Crippen molar-refractivity contribution in [3.8, 4) is 0 Å². The van der Waals surface area contributed by atoms with Gasteiger partial charge in [0.15, 0.2) is 0 Å². The molecule has 1 fully saturated rings. The Labute approximate surface area is 135 Å². The van der Waals surface area contributed by atoms with Crippen molar-refractivity contribution in [2.75, 3.05) is 19.6 Å². The zero-order chi connectivity index (χ0) is 16.4. The summed E-state index contributed by atoms with van der Waals surface area (Å²) >= 11 is 0. The zero-order valence-corrected chi connectivity index (χ0v) is 13.6. The van der Waals surface area contributed by atoms with Gasteiger partial charge < -0.3 is 9.84 Å². The summed E-state index contributed by atoms with van der Waals surface area (Å²) in [4.78, 5) is 14.6. The first-order chi connectivity index (χ1) is 11.0. The minimum Gasteiger partial charge on any atom is -0.390 e. The van der Waals surface area contributed by atoms with E-state index in [4.69, 9.17) is 4.74 Å². The molecule has 23 heavy (non-hydrogen) atoms. The first-order valence-electron chi connectivity index (χ1n) is 8.03. The van der Waals surface area contributed by atoms with Gasteiger partial charge in [-0.25, -0.2) is 4.68 Å². The molecule has 2 heterocycles. The van der Waals surface area contributed by atoms with E-state index in [1.165, 1.54) is 4.68 Å². The Bertz CT molecular complexity index is 720. The Morgan fingerprint density at radius 3 is 2.70 bits per heavy atom. The molecule has 6 heteroatoms. The second-order valence-electron chi connectivity index (χ2n) is 6.35. The second-order valence-corrected chi connectivity index (χ2v) is 6.35. The van der Waals surface area contributed by atoms with E-state index in [1.807, 2.05) is 32.0 Å². The monoisotopic (exact) mass is 317 g/mol. The summed E-state index contributed by atoms with van der Waals surface area (Å²) in [6.07, 6.45) is 1.35. The number of morpholine rings is 1. The molecule has 3 rings (SSSR count). The van der Waals surface area contributed by atoms with Crippen LogP contribution in [0.3, 0.4) is 0 Å². The fraction of sp³-hybridized carbons (Fsp3) is 0.529. The van der Waals surface area contributed by atoms with Gasteiger partial charge in [0.05, 0.1) is 36.4 Å². The molecule has 0 saturated carbocycles. The van der Waals surface area contributed by atoms with Crippen molar-refractivity contribution in [3.05, 3.63) is 40.8 Å². The van der Waals surface area contributed by atoms with Crippen LogP contribution in [0.2, 0.25) is 0 Å². The lowest BCUT2D eigenvalue weighted by Gasteiger charge is -2.36. The molecular weight excluding hydrogens is 294 g/mol. The van der Waals surface area contributed by atoms with Crippen molar-refractivity contribution < 1.29 is 9.84 Å². The molecule has 1 saturated heterocycles. The average Bonchev–Trinajstić information content (AvgIpc) is 2.49. The Morgan fingerprint density at radius 1 is 1.26 bits per heavy atom. The van der Waals surface area contributed by atoms with Crippen molar-refractivity contribution in [2.45, 2.75) is 38.7 Å². The molecule has 2 aromatic rings. The Morgan fingerprint density at radius 2 is 1.96 bits per heavy atom. The lowest BCUT2D eigenvalue weighted by atomic mass is 10.2. The largest absolute Gasteiger partial charge is 0.390 e. The fourth-order valence-corrected chi connectivity index (χ4v) is 3.25. The summed E-state index contributed by atoms with van der Waals surface area (Å²) in [5.41, 5.74) is -0.161. The third kappa shape index (κ3) is 3.77. The van der Waals surface area contributed by atoms with Crippen LogP contribution in [0.4, 0.5) is 0 Å². The maximum absolute atomic E-state index is 12.4. The highest BCUT2D eigenvalue weighted by Gasteiger charge is 2.24. The number of fused-ring (bicyclic) bond motifs is 1. The lowest BCUT2D eigenvalue weighted by molar-refractivity contribution is -0.0774. The highest BCUT2D eigenvalue weighted by atomic mass is 16.5. The van der Waals surface area contributed by atoms with Crippen molar-refractivity contribution >= 4 is 10.8 Å². The van der Waals surface area contributed by atoms with Gasteiger partial charge in [0.2, 0.25) is 0 Å². The van der Waals surface area contributed by atoms with E-state index in [-0.39, 0.29) is 24.3 Å². The van der Waals surface area contributed by atoms with Gasteiger partial charge in [-0.05, 0) is 19.9 Å². The lowest BCUT2D eigenvalue weighted by Crippen LogP contribution is -2.48. The third-order valence-corrected chi connectivity index (χ3v) is 4.11. The molecule has 1 aromatic carbocycles. The molecule has 6 nitrogen and oxygen atoms in total. The van der Waals surface area contributed by atoms with Crippen LogP contribution in [-0.2, 0) is 11.3 Å². The topological polar surface area (TPSA) is 67.6 Å². The van der Waals surface area contributed by atoms with Crippen molar-refractivity contribution in [1.29, 1.82) is 0 Å². The van der Waals surface area contributed by atoms with Gasteiger partial charge in [-0.15, -0.1) is 0 Å². The van der Waals surface area contributed by atoms with E-state index in [0.717, 1.165) is 18.5 Å². The van der Waals surface area contributed by atoms with Gasteiger partial charge in [0, 0.05) is 25.0 Å². The summed E-state index contributed by atoms with van der Waals surface area (Å²) in [6, 6.07) is 7.36. The van der Waals surface area contributed by atoms with E-state index in [9.17, 15) is 9.90 Å². The molecule has 1 N–H and O–H groups in total. The molecule has 0 radical (unpaired) electrons. The quantitative estimate of drug-likeness (QED) is 0.906. The minimum atomic E-state index is -0.640. The van der Waals surface area contributed by atoms with Crippen LogP contribution in [0.1, 0.15) is 13.8 Å². The summed E-state index contributed by atoms with van der Waals surface area (Å²) in [5.74, 6) is 0. The molecule has 1 aliphatic rings. The Hall–Kier alpha value is -1.76. The van der Waals surface area contributed by atoms with Crippen molar-refractivity contribution in [3.63, 3.8) is 0 Å². The molecule has 0 bridgehead atoms. The molecular formula is C17H23N3O3. The molecule has 0 spiro atoms. The maximum atomic E-state index is 12.4. The summed E-state index contributed by atoms with van der Waals surface area (Å²) in [6.45, 7) is 6.36. The maximum Gasteiger partial charge on any atom is 0.274 e. The van der Waals surface area contributed by atoms with Crippen LogP contribution in [0, 0.1) is 0 Å². The van der Waals surface area contributed by atoms with E-state index in [0.29, 0.717) is 11.9 Å². The number of nitrogens with zero attached hydrogens (tertiary/aromatic N) is 3. The molecule has 1 aliphatic heterocycles. The Kier molecular flexibility index (Phi) is 4.75. The van der Waals surface area contributed by atoms with Crippen LogP contribution in [0.15, 0.2) is 35.3 Å². The first-order valence-corrected chi connectivity index (χ1v) is 8.03. The highest BCUT2D eigenvalue weighted by molar-refractivity contribution is 5.80. The predicted molar refractivity (Wildman–Crippen MR) is 88.5 cm³/mol. The number of rotatable bonds is 4. The fourth-order valence-electron chi connectivity index (χ4n) is 3.25. The standard InChI is InChI=1S/C17H23N3O3/c1-12-8-19(9-13(2)23-12)10-15(21)11-20-17(22)16-6-4-3-5-14(16)7-18-20/h3-7,12-13,15,21H,8-11H2,1-2H3/t12-,13+,15-/m1/s1. The number of hydrogen-bond donors (Lipinski definition) is 1. The van der Waals surface area contributed by atoms with E-state index in [1.54, 1.807) is 12.3 Å². The molecule has 124 valence electrons. The highest BCUT2D eigenvalue weighted by Crippen LogP contribution is 2.11. The third-order valence-electron chi connectivity index (χ3n) is 4.11. The number of aliphatic hydroxyl groups excluding tert-OH is 1. The van der Waals surface area contributed by atoms with Crippen LogP contribution in [0.5, 0.6) is 0 Å². The first kappa shape index (κ1) is 16.1. The molecule has 0 amide bonds. The average molecular weight is 317 g/mol. The van der Waals surface area contributed by atoms with Gasteiger partial charge in [0.25, 0.3) is 5.56 Å². The van der Waals surface area contributed by atoms with E-state index >= 15 is 0 Å². The minimum absolute atomic E-state index is 0.160. The van der Waals surface area contributed by atoms with Crippen LogP contribution in [0.25, 0.3) is 10.8 Å². The van der Waals surface area contributed by atoms with Gasteiger partial charge in [-0.1, -0.05) is 18.2 Å². The van der Waals surface area contributed by atoms with Crippen LogP contribution < -0.4 is 5.56 Å². The number of aromatic nitrogens is 2. The summed E-state index contributed by atoms with van der Waals surface area (Å²) < 4.78 is 7.04. The summed E-state index contributed by atoms with van der Waals surface area (Å²) in [5, 5.41) is 16.0. The molecule has 0 unspecified atom stereocenters. The van der Waals surface area contributed by atoms with Gasteiger partial charge in [-0.3, -0.25) is 9.69 Å². The smallest absolute Gasteiger partial charge is 0.274 e. The van der Waals surface area contributed by atoms with Crippen molar-refractivity contribution in [2.24, 2.45) is 0 Å². The normalized spacial score (nSPS) is 24.0. The van der Waals surface area contributed by atoms with E-state index < -0.39 is 6.10 Å². The molecule has 1 aromatic heterocycles. The SMILES string of the molecule is C[C@@H]1CN(C[C@@H](O)Cn2ncc3ccccc3c2=O)C[C@H](C)O1. The number of β-amino-alcohol motifs (C(OH)–C–C–N with tert-alkyl or cyclic N) is 1.